The highest BCUT2D eigenvalue weighted by atomic mass is 19.4. The van der Waals surface area contributed by atoms with Crippen LogP contribution in [-0.4, -0.2) is 12.4 Å². The zero-order valence-electron chi connectivity index (χ0n) is 12.9. The second-order valence-electron chi connectivity index (χ2n) is 5.64. The fourth-order valence-corrected chi connectivity index (χ4v) is 2.91. The molecule has 0 radical (unpaired) electrons. The third kappa shape index (κ3) is 3.23. The minimum atomic E-state index is -5.73. The summed E-state index contributed by atoms with van der Waals surface area (Å²) in [7, 11) is 0. The predicted octanol–water partition coefficient (Wildman–Crippen LogP) is 4.50. The van der Waals surface area contributed by atoms with Crippen LogP contribution in [0.1, 0.15) is 23.2 Å². The zero-order valence-corrected chi connectivity index (χ0v) is 12.9. The molecule has 2 nitrogen and oxygen atoms in total. The SMILES string of the molecule is NC(c1ccccc1)C(C(N)c1ccccc1)(C(F)(F)F)C(F)(F)F. The van der Waals surface area contributed by atoms with Crippen molar-refractivity contribution in [1.29, 1.82) is 0 Å². The van der Waals surface area contributed by atoms with Gasteiger partial charge in [-0.25, -0.2) is 0 Å². The van der Waals surface area contributed by atoms with Crippen LogP contribution in [0.25, 0.3) is 0 Å². The molecular weight excluding hydrogens is 346 g/mol. The van der Waals surface area contributed by atoms with Crippen LogP contribution < -0.4 is 11.5 Å². The topological polar surface area (TPSA) is 52.0 Å². The normalized spacial score (nSPS) is 15.7. The summed E-state index contributed by atoms with van der Waals surface area (Å²) in [5.41, 5.74) is 6.18. The van der Waals surface area contributed by atoms with Gasteiger partial charge in [-0.05, 0) is 11.1 Å². The highest BCUT2D eigenvalue weighted by Gasteiger charge is 2.76. The summed E-state index contributed by atoms with van der Waals surface area (Å²) in [6, 6.07) is 7.84. The van der Waals surface area contributed by atoms with Crippen LogP contribution in [0.5, 0.6) is 0 Å². The average molecular weight is 362 g/mol. The lowest BCUT2D eigenvalue weighted by atomic mass is 9.68. The van der Waals surface area contributed by atoms with E-state index in [4.69, 9.17) is 11.5 Å². The molecule has 0 heterocycles. The van der Waals surface area contributed by atoms with E-state index in [0.717, 1.165) is 24.3 Å². The number of nitrogens with two attached hydrogens (primary N) is 2. The van der Waals surface area contributed by atoms with E-state index in [1.807, 2.05) is 0 Å². The Labute approximate surface area is 140 Å². The molecule has 0 aliphatic heterocycles. The van der Waals surface area contributed by atoms with Crippen molar-refractivity contribution in [2.24, 2.45) is 16.9 Å². The van der Waals surface area contributed by atoms with E-state index < -0.39 is 29.9 Å². The molecule has 0 saturated heterocycles. The highest BCUT2D eigenvalue weighted by molar-refractivity contribution is 5.30. The van der Waals surface area contributed by atoms with Crippen LogP contribution in [0.2, 0.25) is 0 Å². The Morgan fingerprint density at radius 1 is 0.560 bits per heavy atom. The van der Waals surface area contributed by atoms with Gasteiger partial charge in [-0.15, -0.1) is 0 Å². The van der Waals surface area contributed by atoms with Gasteiger partial charge in [0.05, 0.1) is 12.1 Å². The van der Waals surface area contributed by atoms with Crippen molar-refractivity contribution in [3.63, 3.8) is 0 Å². The molecule has 0 spiro atoms. The second kappa shape index (κ2) is 6.68. The van der Waals surface area contributed by atoms with Gasteiger partial charge >= 0.3 is 12.4 Å². The van der Waals surface area contributed by atoms with Crippen molar-refractivity contribution >= 4 is 0 Å². The largest absolute Gasteiger partial charge is 0.406 e. The summed E-state index contributed by atoms with van der Waals surface area (Å²) < 4.78 is 83.2. The molecule has 25 heavy (non-hydrogen) atoms. The Kier molecular flexibility index (Phi) is 5.15. The van der Waals surface area contributed by atoms with Gasteiger partial charge in [-0.3, -0.25) is 0 Å². The summed E-state index contributed by atoms with van der Waals surface area (Å²) in [6.45, 7) is 0. The number of rotatable bonds is 4. The van der Waals surface area contributed by atoms with Crippen molar-refractivity contribution in [1.82, 2.24) is 0 Å². The monoisotopic (exact) mass is 362 g/mol. The molecular formula is C17H16F6N2. The van der Waals surface area contributed by atoms with Gasteiger partial charge in [-0.2, -0.15) is 26.3 Å². The van der Waals surface area contributed by atoms with Crippen molar-refractivity contribution in [3.05, 3.63) is 71.8 Å². The number of alkyl halides is 6. The third-order valence-corrected chi connectivity index (χ3v) is 4.24. The van der Waals surface area contributed by atoms with E-state index in [-0.39, 0.29) is 11.1 Å². The Hall–Kier alpha value is -2.06. The number of hydrogen-bond donors (Lipinski definition) is 2. The quantitative estimate of drug-likeness (QED) is 0.787. The van der Waals surface area contributed by atoms with E-state index in [1.165, 1.54) is 36.4 Å². The van der Waals surface area contributed by atoms with Crippen LogP contribution in [0.4, 0.5) is 26.3 Å². The fraction of sp³-hybridized carbons (Fsp3) is 0.294. The molecule has 2 rings (SSSR count). The van der Waals surface area contributed by atoms with E-state index in [9.17, 15) is 26.3 Å². The van der Waals surface area contributed by atoms with E-state index >= 15 is 0 Å². The van der Waals surface area contributed by atoms with Crippen LogP contribution >= 0.6 is 0 Å². The zero-order chi connectivity index (χ0) is 18.9. The third-order valence-electron chi connectivity index (χ3n) is 4.24. The molecule has 2 atom stereocenters. The molecule has 4 N–H and O–H groups in total. The van der Waals surface area contributed by atoms with Crippen molar-refractivity contribution in [3.8, 4) is 0 Å². The first-order valence-corrected chi connectivity index (χ1v) is 7.28. The van der Waals surface area contributed by atoms with Gasteiger partial charge in [0, 0.05) is 0 Å². The van der Waals surface area contributed by atoms with E-state index in [1.54, 1.807) is 0 Å². The number of benzene rings is 2. The first-order valence-electron chi connectivity index (χ1n) is 7.28. The Morgan fingerprint density at radius 2 is 0.840 bits per heavy atom. The van der Waals surface area contributed by atoms with Gasteiger partial charge in [0.25, 0.3) is 0 Å². The molecule has 8 heteroatoms. The van der Waals surface area contributed by atoms with E-state index in [0.29, 0.717) is 0 Å². The average Bonchev–Trinajstić information content (AvgIpc) is 2.54. The Balaban J connectivity index is 2.74. The molecule has 136 valence electrons. The number of halogens is 6. The van der Waals surface area contributed by atoms with Gasteiger partial charge < -0.3 is 11.5 Å². The molecule has 0 bridgehead atoms. The standard InChI is InChI=1S/C17H16F6N2/c18-16(19,20)15(17(21,22)23,13(24)11-7-3-1-4-8-11)14(25)12-9-5-2-6-10-12/h1-10,13-14H,24-25H2. The Bertz CT molecular complexity index is 620. The molecule has 2 aromatic rings. The summed E-state index contributed by atoms with van der Waals surface area (Å²) in [5.74, 6) is 0. The van der Waals surface area contributed by atoms with E-state index in [2.05, 4.69) is 0 Å². The molecule has 0 fully saturated rings. The summed E-state index contributed by atoms with van der Waals surface area (Å²) in [6.07, 6.45) is -11.5. The van der Waals surface area contributed by atoms with Crippen molar-refractivity contribution in [2.75, 3.05) is 0 Å². The molecule has 2 unspecified atom stereocenters. The maximum atomic E-state index is 13.9. The van der Waals surface area contributed by atoms with Crippen LogP contribution in [0.15, 0.2) is 60.7 Å². The lowest BCUT2D eigenvalue weighted by Crippen LogP contribution is -2.61. The maximum absolute atomic E-state index is 13.9. The van der Waals surface area contributed by atoms with Gasteiger partial charge in [0.15, 0.2) is 5.41 Å². The lowest BCUT2D eigenvalue weighted by Gasteiger charge is -2.45. The highest BCUT2D eigenvalue weighted by Crippen LogP contribution is 2.61. The Morgan fingerprint density at radius 3 is 1.08 bits per heavy atom. The van der Waals surface area contributed by atoms with Crippen LogP contribution in [-0.2, 0) is 0 Å². The molecule has 0 aromatic heterocycles. The predicted molar refractivity (Wildman–Crippen MR) is 81.3 cm³/mol. The second-order valence-corrected chi connectivity index (χ2v) is 5.64. The molecule has 0 aliphatic rings. The van der Waals surface area contributed by atoms with Crippen LogP contribution in [0, 0.1) is 5.41 Å². The summed E-state index contributed by atoms with van der Waals surface area (Å²) >= 11 is 0. The first-order chi connectivity index (χ1) is 11.5. The van der Waals surface area contributed by atoms with Crippen molar-refractivity contribution < 1.29 is 26.3 Å². The summed E-state index contributed by atoms with van der Waals surface area (Å²) in [4.78, 5) is 0. The fourth-order valence-electron chi connectivity index (χ4n) is 2.91. The minimum Gasteiger partial charge on any atom is -0.323 e. The first kappa shape index (κ1) is 19.3. The van der Waals surface area contributed by atoms with Gasteiger partial charge in [0.1, 0.15) is 0 Å². The summed E-state index contributed by atoms with van der Waals surface area (Å²) in [5, 5.41) is 0. The number of hydrogen-bond acceptors (Lipinski definition) is 2. The van der Waals surface area contributed by atoms with Crippen molar-refractivity contribution in [2.45, 2.75) is 24.4 Å². The molecule has 2 aromatic carbocycles. The minimum absolute atomic E-state index is 0.302. The van der Waals surface area contributed by atoms with Gasteiger partial charge in [0.2, 0.25) is 0 Å². The van der Waals surface area contributed by atoms with Crippen LogP contribution in [0.3, 0.4) is 0 Å². The smallest absolute Gasteiger partial charge is 0.323 e. The molecule has 0 amide bonds. The van der Waals surface area contributed by atoms with Gasteiger partial charge in [-0.1, -0.05) is 60.7 Å². The maximum Gasteiger partial charge on any atom is 0.406 e. The lowest BCUT2D eigenvalue weighted by molar-refractivity contribution is -0.357. The molecule has 0 aliphatic carbocycles. The molecule has 0 saturated carbocycles.